The third-order valence-corrected chi connectivity index (χ3v) is 4.54. The lowest BCUT2D eigenvalue weighted by atomic mass is 10.1. The summed E-state index contributed by atoms with van der Waals surface area (Å²) >= 11 is 0. The van der Waals surface area contributed by atoms with Crippen molar-refractivity contribution in [3.05, 3.63) is 30.2 Å². The number of aromatic amines is 1. The highest BCUT2D eigenvalue weighted by Crippen LogP contribution is 2.33. The van der Waals surface area contributed by atoms with Gasteiger partial charge in [0, 0.05) is 38.3 Å². The molecule has 7 heteroatoms. The van der Waals surface area contributed by atoms with Gasteiger partial charge in [0.25, 0.3) is 0 Å². The van der Waals surface area contributed by atoms with E-state index in [1.165, 1.54) is 25.7 Å². The molecule has 0 amide bonds. The summed E-state index contributed by atoms with van der Waals surface area (Å²) in [4.78, 5) is 16.9. The van der Waals surface area contributed by atoms with Crippen LogP contribution in [-0.4, -0.2) is 36.3 Å². The van der Waals surface area contributed by atoms with Crippen molar-refractivity contribution in [2.24, 2.45) is 7.05 Å². The van der Waals surface area contributed by atoms with Gasteiger partial charge < -0.3 is 10.3 Å². The zero-order valence-corrected chi connectivity index (χ0v) is 13.3. The number of hydrogen-bond donors (Lipinski definition) is 2. The molecular weight excluding hydrogens is 290 g/mol. The molecule has 0 aliphatic heterocycles. The summed E-state index contributed by atoms with van der Waals surface area (Å²) in [5.41, 5.74) is 0.905. The minimum Gasteiger partial charge on any atom is -0.369 e. The van der Waals surface area contributed by atoms with Gasteiger partial charge in [0.2, 0.25) is 0 Å². The zero-order chi connectivity index (χ0) is 15.6. The first-order chi connectivity index (χ1) is 11.3. The lowest BCUT2D eigenvalue weighted by Gasteiger charge is -2.12. The van der Waals surface area contributed by atoms with E-state index in [-0.39, 0.29) is 0 Å². The number of aromatic nitrogens is 6. The number of nitrogens with one attached hydrogen (secondary N) is 2. The summed E-state index contributed by atoms with van der Waals surface area (Å²) in [6, 6.07) is 0. The van der Waals surface area contributed by atoms with Crippen LogP contribution >= 0.6 is 0 Å². The van der Waals surface area contributed by atoms with Crippen LogP contribution < -0.4 is 5.32 Å². The minimum absolute atomic E-state index is 0.486. The molecule has 1 fully saturated rings. The Morgan fingerprint density at radius 1 is 1.30 bits per heavy atom. The van der Waals surface area contributed by atoms with Crippen molar-refractivity contribution < 1.29 is 0 Å². The van der Waals surface area contributed by atoms with E-state index in [2.05, 4.69) is 20.4 Å². The van der Waals surface area contributed by atoms with Crippen LogP contribution in [0.2, 0.25) is 0 Å². The number of nitrogens with zero attached hydrogens (tertiary/aromatic N) is 5. The highest BCUT2D eigenvalue weighted by atomic mass is 15.3. The van der Waals surface area contributed by atoms with Gasteiger partial charge in [-0.25, -0.2) is 15.0 Å². The Morgan fingerprint density at radius 3 is 2.96 bits per heavy atom. The quantitative estimate of drug-likeness (QED) is 0.756. The maximum absolute atomic E-state index is 4.81. The Balaban J connectivity index is 1.60. The van der Waals surface area contributed by atoms with E-state index in [1.807, 2.05) is 24.1 Å². The molecule has 1 aliphatic rings. The van der Waals surface area contributed by atoms with E-state index >= 15 is 0 Å². The summed E-state index contributed by atoms with van der Waals surface area (Å²) in [5.74, 6) is 3.31. The standard InChI is InChI=1S/C16H21N7/c1-23-16-12(10-20-23)15(19-7-6-13-17-8-9-18-13)21-14(22-16)11-4-2-3-5-11/h8-11H,2-7H2,1H3,(H,17,18)(H,19,21,22). The first-order valence-electron chi connectivity index (χ1n) is 8.23. The first-order valence-corrected chi connectivity index (χ1v) is 8.23. The molecule has 0 aromatic carbocycles. The summed E-state index contributed by atoms with van der Waals surface area (Å²) in [6.07, 6.45) is 11.2. The molecule has 23 heavy (non-hydrogen) atoms. The van der Waals surface area contributed by atoms with Gasteiger partial charge >= 0.3 is 0 Å². The van der Waals surface area contributed by atoms with Crippen LogP contribution in [0.3, 0.4) is 0 Å². The lowest BCUT2D eigenvalue weighted by molar-refractivity contribution is 0.667. The van der Waals surface area contributed by atoms with Gasteiger partial charge in [-0.1, -0.05) is 12.8 Å². The van der Waals surface area contributed by atoms with Crippen molar-refractivity contribution in [1.29, 1.82) is 0 Å². The van der Waals surface area contributed by atoms with Crippen molar-refractivity contribution in [2.75, 3.05) is 11.9 Å². The SMILES string of the molecule is Cn1ncc2c(NCCc3ncc[nH]3)nc(C3CCCC3)nc21. The average molecular weight is 311 g/mol. The number of imidazole rings is 1. The Hall–Kier alpha value is -2.44. The van der Waals surface area contributed by atoms with Crippen molar-refractivity contribution >= 4 is 16.9 Å². The summed E-state index contributed by atoms with van der Waals surface area (Å²) < 4.78 is 1.83. The molecule has 3 aromatic heterocycles. The Morgan fingerprint density at radius 2 is 2.17 bits per heavy atom. The molecule has 1 saturated carbocycles. The fourth-order valence-corrected chi connectivity index (χ4v) is 3.27. The molecule has 4 rings (SSSR count). The Kier molecular flexibility index (Phi) is 3.69. The molecule has 0 unspecified atom stereocenters. The number of H-pyrrole nitrogens is 1. The predicted octanol–water partition coefficient (Wildman–Crippen LogP) is 2.40. The Labute approximate surface area is 134 Å². The molecule has 0 radical (unpaired) electrons. The highest BCUT2D eigenvalue weighted by Gasteiger charge is 2.22. The van der Waals surface area contributed by atoms with Crippen molar-refractivity contribution in [3.8, 4) is 0 Å². The smallest absolute Gasteiger partial charge is 0.163 e. The van der Waals surface area contributed by atoms with Gasteiger partial charge in [-0.15, -0.1) is 0 Å². The van der Waals surface area contributed by atoms with Gasteiger partial charge in [-0.05, 0) is 12.8 Å². The second-order valence-electron chi connectivity index (χ2n) is 6.13. The second-order valence-corrected chi connectivity index (χ2v) is 6.13. The second kappa shape index (κ2) is 5.98. The van der Waals surface area contributed by atoms with Crippen LogP contribution in [-0.2, 0) is 13.5 Å². The number of hydrogen-bond acceptors (Lipinski definition) is 5. The number of fused-ring (bicyclic) bond motifs is 1. The monoisotopic (exact) mass is 311 g/mol. The van der Waals surface area contributed by atoms with E-state index in [0.29, 0.717) is 5.92 Å². The third kappa shape index (κ3) is 2.78. The van der Waals surface area contributed by atoms with Gasteiger partial charge in [-0.2, -0.15) is 5.10 Å². The van der Waals surface area contributed by atoms with Crippen LogP contribution in [0.25, 0.3) is 11.0 Å². The van der Waals surface area contributed by atoms with Crippen LogP contribution in [0.4, 0.5) is 5.82 Å². The maximum atomic E-state index is 4.81. The van der Waals surface area contributed by atoms with Crippen LogP contribution in [0.5, 0.6) is 0 Å². The zero-order valence-electron chi connectivity index (χ0n) is 13.3. The van der Waals surface area contributed by atoms with E-state index in [9.17, 15) is 0 Å². The van der Waals surface area contributed by atoms with Crippen LogP contribution in [0.15, 0.2) is 18.6 Å². The largest absolute Gasteiger partial charge is 0.369 e. The summed E-state index contributed by atoms with van der Waals surface area (Å²) in [5, 5.41) is 8.76. The minimum atomic E-state index is 0.486. The molecule has 120 valence electrons. The van der Waals surface area contributed by atoms with Gasteiger partial charge in [0.1, 0.15) is 17.5 Å². The van der Waals surface area contributed by atoms with E-state index in [4.69, 9.17) is 9.97 Å². The molecule has 0 saturated heterocycles. The van der Waals surface area contributed by atoms with Gasteiger partial charge in [0.05, 0.1) is 11.6 Å². The number of anilines is 1. The third-order valence-electron chi connectivity index (χ3n) is 4.54. The Bertz CT molecular complexity index is 784. The fraction of sp³-hybridized carbons (Fsp3) is 0.500. The van der Waals surface area contributed by atoms with Crippen LogP contribution in [0.1, 0.15) is 43.3 Å². The molecule has 0 atom stereocenters. The molecule has 3 aromatic rings. The van der Waals surface area contributed by atoms with Crippen molar-refractivity contribution in [1.82, 2.24) is 29.7 Å². The topological polar surface area (TPSA) is 84.3 Å². The van der Waals surface area contributed by atoms with Crippen LogP contribution in [0, 0.1) is 0 Å². The average Bonchev–Trinajstić information content (AvgIpc) is 3.29. The number of rotatable bonds is 5. The molecule has 1 aliphatic carbocycles. The van der Waals surface area contributed by atoms with E-state index < -0.39 is 0 Å². The van der Waals surface area contributed by atoms with Gasteiger partial charge in [0.15, 0.2) is 5.65 Å². The van der Waals surface area contributed by atoms with Crippen molar-refractivity contribution in [3.63, 3.8) is 0 Å². The fourth-order valence-electron chi connectivity index (χ4n) is 3.27. The van der Waals surface area contributed by atoms with Gasteiger partial charge in [-0.3, -0.25) is 4.68 Å². The van der Waals surface area contributed by atoms with Crippen molar-refractivity contribution in [2.45, 2.75) is 38.0 Å². The lowest BCUT2D eigenvalue weighted by Crippen LogP contribution is -2.11. The predicted molar refractivity (Wildman–Crippen MR) is 88.3 cm³/mol. The molecule has 3 heterocycles. The highest BCUT2D eigenvalue weighted by molar-refractivity contribution is 5.86. The van der Waals surface area contributed by atoms with E-state index in [1.54, 1.807) is 6.20 Å². The molecular formula is C16H21N7. The number of aryl methyl sites for hydroxylation is 1. The van der Waals surface area contributed by atoms with E-state index in [0.717, 1.165) is 41.5 Å². The molecule has 0 bridgehead atoms. The molecule has 0 spiro atoms. The summed E-state index contributed by atoms with van der Waals surface area (Å²) in [7, 11) is 1.93. The molecule has 7 nitrogen and oxygen atoms in total. The molecule has 2 N–H and O–H groups in total. The summed E-state index contributed by atoms with van der Waals surface area (Å²) in [6.45, 7) is 0.776. The maximum Gasteiger partial charge on any atom is 0.163 e. The normalized spacial score (nSPS) is 15.5. The first kappa shape index (κ1) is 14.2.